The monoisotopic (exact) mass is 339 g/mol. The van der Waals surface area contributed by atoms with E-state index in [1.54, 1.807) is 11.0 Å². The van der Waals surface area contributed by atoms with Gasteiger partial charge in [0.05, 0.1) is 11.5 Å². The van der Waals surface area contributed by atoms with Crippen LogP contribution in [-0.2, 0) is 9.84 Å². The Morgan fingerprint density at radius 3 is 2.39 bits per heavy atom. The van der Waals surface area contributed by atoms with Gasteiger partial charge in [-0.05, 0) is 18.9 Å². The normalized spacial score (nSPS) is 22.9. The van der Waals surface area contributed by atoms with Gasteiger partial charge in [-0.15, -0.1) is 0 Å². The fraction of sp³-hybridized carbons (Fsp3) is 0.600. The van der Waals surface area contributed by atoms with Crippen molar-refractivity contribution in [3.05, 3.63) is 34.2 Å². The van der Waals surface area contributed by atoms with Crippen LogP contribution in [0.1, 0.15) is 23.2 Å². The number of sulfone groups is 1. The molecular formula is C15H21N3O4S. The van der Waals surface area contributed by atoms with Crippen LogP contribution in [0.3, 0.4) is 0 Å². The lowest BCUT2D eigenvalue weighted by Crippen LogP contribution is -2.53. The molecule has 2 aliphatic heterocycles. The predicted octanol–water partition coefficient (Wildman–Crippen LogP) is -0.290. The first kappa shape index (κ1) is 16.2. The van der Waals surface area contributed by atoms with Crippen LogP contribution in [0.2, 0.25) is 0 Å². The van der Waals surface area contributed by atoms with Gasteiger partial charge in [-0.3, -0.25) is 14.5 Å². The Balaban J connectivity index is 1.56. The van der Waals surface area contributed by atoms with E-state index in [9.17, 15) is 18.0 Å². The molecule has 0 atom stereocenters. The van der Waals surface area contributed by atoms with Gasteiger partial charge in [0.1, 0.15) is 9.84 Å². The van der Waals surface area contributed by atoms with E-state index in [0.29, 0.717) is 37.5 Å². The van der Waals surface area contributed by atoms with Crippen LogP contribution in [-0.4, -0.2) is 72.8 Å². The highest BCUT2D eigenvalue weighted by Crippen LogP contribution is 2.20. The Bertz CT molecular complexity index is 721. The van der Waals surface area contributed by atoms with E-state index < -0.39 is 9.84 Å². The lowest BCUT2D eigenvalue weighted by atomic mass is 10.1. The summed E-state index contributed by atoms with van der Waals surface area (Å²) in [4.78, 5) is 30.2. The summed E-state index contributed by atoms with van der Waals surface area (Å²) in [6.45, 7) is 2.71. The Hall–Kier alpha value is -1.67. The second-order valence-corrected chi connectivity index (χ2v) is 8.46. The molecule has 8 heteroatoms. The summed E-state index contributed by atoms with van der Waals surface area (Å²) in [5.74, 6) is 0.412. The summed E-state index contributed by atoms with van der Waals surface area (Å²) in [7, 11) is -2.84. The molecule has 0 radical (unpaired) electrons. The number of rotatable bonds is 2. The molecule has 1 aromatic rings. The summed E-state index contributed by atoms with van der Waals surface area (Å²) in [5.41, 5.74) is 0.129. The number of nitrogens with zero attached hydrogens (tertiary/aromatic N) is 2. The fourth-order valence-corrected chi connectivity index (χ4v) is 4.76. The molecule has 3 heterocycles. The van der Waals surface area contributed by atoms with E-state index >= 15 is 0 Å². The average molecular weight is 339 g/mol. The van der Waals surface area contributed by atoms with E-state index in [-0.39, 0.29) is 23.0 Å². The minimum absolute atomic E-state index is 0.123. The predicted molar refractivity (Wildman–Crippen MR) is 86.2 cm³/mol. The maximum Gasteiger partial charge on any atom is 0.254 e. The number of aromatic amines is 1. The summed E-state index contributed by atoms with van der Waals surface area (Å²) in [6, 6.07) is 3.23. The molecule has 2 fully saturated rings. The van der Waals surface area contributed by atoms with E-state index in [1.165, 1.54) is 12.3 Å². The third-order valence-electron chi connectivity index (χ3n) is 4.66. The molecule has 2 aliphatic rings. The Labute approximate surface area is 135 Å². The summed E-state index contributed by atoms with van der Waals surface area (Å²) in [6.07, 6.45) is 2.85. The molecule has 0 spiro atoms. The van der Waals surface area contributed by atoms with Gasteiger partial charge in [0.25, 0.3) is 5.91 Å². The molecule has 0 aromatic carbocycles. The molecule has 0 aliphatic carbocycles. The third-order valence-corrected chi connectivity index (χ3v) is 6.38. The lowest BCUT2D eigenvalue weighted by molar-refractivity contribution is 0.0557. The van der Waals surface area contributed by atoms with Crippen molar-refractivity contribution in [2.24, 2.45) is 0 Å². The molecule has 0 unspecified atom stereocenters. The van der Waals surface area contributed by atoms with Crippen LogP contribution in [0.5, 0.6) is 0 Å². The van der Waals surface area contributed by atoms with Gasteiger partial charge in [-0.2, -0.15) is 0 Å². The molecule has 3 rings (SSSR count). The summed E-state index contributed by atoms with van der Waals surface area (Å²) >= 11 is 0. The van der Waals surface area contributed by atoms with Crippen molar-refractivity contribution in [1.82, 2.24) is 14.8 Å². The molecule has 1 N–H and O–H groups in total. The summed E-state index contributed by atoms with van der Waals surface area (Å²) in [5, 5.41) is 0. The number of pyridine rings is 1. The van der Waals surface area contributed by atoms with Crippen molar-refractivity contribution in [2.45, 2.75) is 18.9 Å². The maximum atomic E-state index is 12.4. The van der Waals surface area contributed by atoms with Crippen molar-refractivity contribution >= 4 is 15.7 Å². The van der Waals surface area contributed by atoms with E-state index in [0.717, 1.165) is 13.1 Å². The van der Waals surface area contributed by atoms with E-state index in [1.807, 2.05) is 0 Å². The van der Waals surface area contributed by atoms with Crippen LogP contribution in [0, 0.1) is 0 Å². The van der Waals surface area contributed by atoms with Gasteiger partial charge in [0.2, 0.25) is 5.56 Å². The SMILES string of the molecule is O=C(c1cc[nH]c(=O)c1)N1CCN(C2CCS(=O)(=O)CC2)CC1. The van der Waals surface area contributed by atoms with Gasteiger partial charge in [-0.25, -0.2) is 8.42 Å². The first-order chi connectivity index (χ1) is 10.9. The molecule has 1 aromatic heterocycles. The number of amides is 1. The van der Waals surface area contributed by atoms with Crippen LogP contribution in [0.25, 0.3) is 0 Å². The van der Waals surface area contributed by atoms with Crippen LogP contribution >= 0.6 is 0 Å². The minimum atomic E-state index is -2.84. The summed E-state index contributed by atoms with van der Waals surface area (Å²) < 4.78 is 23.0. The number of carbonyl (C=O) groups is 1. The number of hydrogen-bond acceptors (Lipinski definition) is 5. The third kappa shape index (κ3) is 3.81. The van der Waals surface area contributed by atoms with Gasteiger partial charge in [0.15, 0.2) is 0 Å². The number of piperazine rings is 1. The van der Waals surface area contributed by atoms with Crippen LogP contribution in [0.15, 0.2) is 23.1 Å². The topological polar surface area (TPSA) is 90.6 Å². The highest BCUT2D eigenvalue weighted by Gasteiger charge is 2.31. The van der Waals surface area contributed by atoms with Crippen molar-refractivity contribution in [3.8, 4) is 0 Å². The largest absolute Gasteiger partial charge is 0.336 e. The maximum absolute atomic E-state index is 12.4. The van der Waals surface area contributed by atoms with E-state index in [2.05, 4.69) is 9.88 Å². The molecule has 7 nitrogen and oxygen atoms in total. The smallest absolute Gasteiger partial charge is 0.254 e. The minimum Gasteiger partial charge on any atom is -0.336 e. The average Bonchev–Trinajstić information content (AvgIpc) is 2.54. The second kappa shape index (κ2) is 6.45. The number of aromatic nitrogens is 1. The lowest BCUT2D eigenvalue weighted by Gasteiger charge is -2.40. The number of nitrogens with one attached hydrogen (secondary N) is 1. The number of carbonyl (C=O) groups excluding carboxylic acids is 1. The number of hydrogen-bond donors (Lipinski definition) is 1. The zero-order valence-electron chi connectivity index (χ0n) is 12.9. The Morgan fingerprint density at radius 2 is 1.78 bits per heavy atom. The first-order valence-corrected chi connectivity index (χ1v) is 9.69. The quantitative estimate of drug-likeness (QED) is 0.800. The molecular weight excluding hydrogens is 318 g/mol. The molecule has 1 amide bonds. The van der Waals surface area contributed by atoms with Gasteiger partial charge in [-0.1, -0.05) is 0 Å². The standard InChI is InChI=1S/C15H21N3O4S/c19-14-11-12(1-4-16-14)15(20)18-7-5-17(6-8-18)13-2-9-23(21,22)10-3-13/h1,4,11,13H,2-3,5-10H2,(H,16,19). The molecule has 0 bridgehead atoms. The van der Waals surface area contributed by atoms with Crippen LogP contribution < -0.4 is 5.56 Å². The van der Waals surface area contributed by atoms with E-state index in [4.69, 9.17) is 0 Å². The molecule has 23 heavy (non-hydrogen) atoms. The molecule has 2 saturated heterocycles. The van der Waals surface area contributed by atoms with Gasteiger partial charge >= 0.3 is 0 Å². The first-order valence-electron chi connectivity index (χ1n) is 7.87. The number of H-pyrrole nitrogens is 1. The molecule has 0 saturated carbocycles. The highest BCUT2D eigenvalue weighted by molar-refractivity contribution is 7.91. The zero-order valence-corrected chi connectivity index (χ0v) is 13.7. The Kier molecular flexibility index (Phi) is 4.54. The van der Waals surface area contributed by atoms with Crippen molar-refractivity contribution in [2.75, 3.05) is 37.7 Å². The zero-order chi connectivity index (χ0) is 16.4. The molecule has 126 valence electrons. The second-order valence-electron chi connectivity index (χ2n) is 6.15. The van der Waals surface area contributed by atoms with Crippen molar-refractivity contribution in [1.29, 1.82) is 0 Å². The van der Waals surface area contributed by atoms with Gasteiger partial charge in [0, 0.05) is 50.0 Å². The van der Waals surface area contributed by atoms with Gasteiger partial charge < -0.3 is 9.88 Å². The van der Waals surface area contributed by atoms with Crippen molar-refractivity contribution < 1.29 is 13.2 Å². The van der Waals surface area contributed by atoms with Crippen molar-refractivity contribution in [3.63, 3.8) is 0 Å². The van der Waals surface area contributed by atoms with Crippen LogP contribution in [0.4, 0.5) is 0 Å². The highest BCUT2D eigenvalue weighted by atomic mass is 32.2. The fourth-order valence-electron chi connectivity index (χ4n) is 3.29. The Morgan fingerprint density at radius 1 is 1.13 bits per heavy atom.